The molecule has 1 aromatic heterocycles. The first-order valence-corrected chi connectivity index (χ1v) is 9.14. The number of nitrogens with one attached hydrogen (secondary N) is 1. The van der Waals surface area contributed by atoms with Crippen LogP contribution in [0.15, 0.2) is 16.7 Å². The number of carbonyl (C=O) groups is 1. The van der Waals surface area contributed by atoms with Crippen LogP contribution in [0.1, 0.15) is 29.4 Å². The monoisotopic (exact) mass is 357 g/mol. The molecule has 6 heteroatoms. The molecule has 1 aliphatic carbocycles. The molecular weight excluding hydrogens is 338 g/mol. The van der Waals surface area contributed by atoms with Crippen LogP contribution in [0.3, 0.4) is 0 Å². The minimum atomic E-state index is 0.0500. The Balaban J connectivity index is 1.51. The summed E-state index contributed by atoms with van der Waals surface area (Å²) < 4.78 is 3.10. The summed E-state index contributed by atoms with van der Waals surface area (Å²) in [6, 6.07) is 2.45. The molecule has 1 amide bonds. The zero-order valence-electron chi connectivity index (χ0n) is 11.5. The SMILES string of the molecule is O=C(NCCN1CCSCC1)c1cc(Br)cn1C1CC1. The highest BCUT2D eigenvalue weighted by molar-refractivity contribution is 9.10. The highest BCUT2D eigenvalue weighted by Crippen LogP contribution is 2.37. The molecule has 0 aromatic carbocycles. The van der Waals surface area contributed by atoms with Crippen LogP contribution in [0.4, 0.5) is 0 Å². The van der Waals surface area contributed by atoms with Crippen molar-refractivity contribution in [2.24, 2.45) is 0 Å². The van der Waals surface area contributed by atoms with Gasteiger partial charge in [0.15, 0.2) is 0 Å². The number of halogens is 1. The lowest BCUT2D eigenvalue weighted by Crippen LogP contribution is -2.39. The number of amides is 1. The van der Waals surface area contributed by atoms with Crippen LogP contribution in [-0.4, -0.2) is 53.1 Å². The molecular formula is C14H20BrN3OS. The Morgan fingerprint density at radius 2 is 2.15 bits per heavy atom. The van der Waals surface area contributed by atoms with E-state index in [4.69, 9.17) is 0 Å². The van der Waals surface area contributed by atoms with Gasteiger partial charge in [0.05, 0.1) is 0 Å². The maximum Gasteiger partial charge on any atom is 0.268 e. The second-order valence-corrected chi connectivity index (χ2v) is 7.53. The molecule has 0 atom stereocenters. The molecule has 2 fully saturated rings. The van der Waals surface area contributed by atoms with Gasteiger partial charge in [-0.3, -0.25) is 9.69 Å². The van der Waals surface area contributed by atoms with Gasteiger partial charge in [-0.15, -0.1) is 0 Å². The Morgan fingerprint density at radius 1 is 1.40 bits per heavy atom. The number of aromatic nitrogens is 1. The van der Waals surface area contributed by atoms with E-state index in [-0.39, 0.29) is 5.91 Å². The first-order chi connectivity index (χ1) is 9.74. The van der Waals surface area contributed by atoms with Gasteiger partial charge in [-0.2, -0.15) is 11.8 Å². The number of carbonyl (C=O) groups excluding carboxylic acids is 1. The van der Waals surface area contributed by atoms with Crippen molar-refractivity contribution >= 4 is 33.6 Å². The Morgan fingerprint density at radius 3 is 2.85 bits per heavy atom. The third kappa shape index (κ3) is 3.59. The fourth-order valence-corrected chi connectivity index (χ4v) is 3.94. The molecule has 1 saturated carbocycles. The summed E-state index contributed by atoms with van der Waals surface area (Å²) in [5.74, 6) is 2.48. The smallest absolute Gasteiger partial charge is 0.268 e. The second kappa shape index (κ2) is 6.54. The molecule has 0 unspecified atom stereocenters. The van der Waals surface area contributed by atoms with Crippen molar-refractivity contribution in [1.29, 1.82) is 0 Å². The highest BCUT2D eigenvalue weighted by Gasteiger charge is 2.27. The molecule has 20 heavy (non-hydrogen) atoms. The van der Waals surface area contributed by atoms with Gasteiger partial charge >= 0.3 is 0 Å². The molecule has 1 saturated heterocycles. The maximum atomic E-state index is 12.3. The van der Waals surface area contributed by atoms with Crippen LogP contribution >= 0.6 is 27.7 Å². The van der Waals surface area contributed by atoms with E-state index >= 15 is 0 Å². The summed E-state index contributed by atoms with van der Waals surface area (Å²) in [4.78, 5) is 14.7. The van der Waals surface area contributed by atoms with E-state index in [2.05, 4.69) is 30.7 Å². The van der Waals surface area contributed by atoms with Crippen molar-refractivity contribution < 1.29 is 4.79 Å². The van der Waals surface area contributed by atoms with Crippen molar-refractivity contribution in [3.05, 3.63) is 22.4 Å². The summed E-state index contributed by atoms with van der Waals surface area (Å²) in [5.41, 5.74) is 0.786. The lowest BCUT2D eigenvalue weighted by molar-refractivity contribution is 0.0939. The predicted octanol–water partition coefficient (Wildman–Crippen LogP) is 2.36. The Kier molecular flexibility index (Phi) is 4.73. The number of hydrogen-bond donors (Lipinski definition) is 1. The summed E-state index contributed by atoms with van der Waals surface area (Å²) in [5, 5.41) is 3.05. The molecule has 4 nitrogen and oxygen atoms in total. The van der Waals surface area contributed by atoms with Crippen molar-refractivity contribution in [3.8, 4) is 0 Å². The van der Waals surface area contributed by atoms with Gasteiger partial charge in [0.25, 0.3) is 5.91 Å². The number of thioether (sulfide) groups is 1. The normalized spacial score (nSPS) is 20.1. The van der Waals surface area contributed by atoms with Gasteiger partial charge in [0.1, 0.15) is 5.69 Å². The Hall–Kier alpha value is -0.460. The fraction of sp³-hybridized carbons (Fsp3) is 0.643. The molecule has 2 aliphatic rings. The van der Waals surface area contributed by atoms with E-state index in [9.17, 15) is 4.79 Å². The standard InChI is InChI=1S/C14H20BrN3OS/c15-11-9-13(18(10-11)12-1-2-12)14(19)16-3-4-17-5-7-20-8-6-17/h9-10,12H,1-8H2,(H,16,19). The van der Waals surface area contributed by atoms with Crippen LogP contribution in [0.5, 0.6) is 0 Å². The lowest BCUT2D eigenvalue weighted by Gasteiger charge is -2.26. The largest absolute Gasteiger partial charge is 0.349 e. The molecule has 1 aromatic rings. The van der Waals surface area contributed by atoms with E-state index in [0.29, 0.717) is 6.04 Å². The topological polar surface area (TPSA) is 37.3 Å². The van der Waals surface area contributed by atoms with E-state index in [0.717, 1.165) is 36.3 Å². The molecule has 1 aliphatic heterocycles. The zero-order valence-corrected chi connectivity index (χ0v) is 13.9. The van der Waals surface area contributed by atoms with Crippen molar-refractivity contribution in [3.63, 3.8) is 0 Å². The van der Waals surface area contributed by atoms with Crippen LogP contribution in [0.2, 0.25) is 0 Å². The van der Waals surface area contributed by atoms with Gasteiger partial charge in [0, 0.05) is 54.4 Å². The van der Waals surface area contributed by atoms with Crippen molar-refractivity contribution in [2.45, 2.75) is 18.9 Å². The average Bonchev–Trinajstić information content (AvgIpc) is 3.22. The Bertz CT molecular complexity index is 481. The summed E-state index contributed by atoms with van der Waals surface area (Å²) >= 11 is 5.48. The number of nitrogens with zero attached hydrogens (tertiary/aromatic N) is 2. The third-order valence-electron chi connectivity index (χ3n) is 3.81. The van der Waals surface area contributed by atoms with Gasteiger partial charge in [-0.05, 0) is 34.8 Å². The first kappa shape index (κ1) is 14.5. The first-order valence-electron chi connectivity index (χ1n) is 7.20. The molecule has 110 valence electrons. The fourth-order valence-electron chi connectivity index (χ4n) is 2.53. The average molecular weight is 358 g/mol. The van der Waals surface area contributed by atoms with Crippen LogP contribution < -0.4 is 5.32 Å². The third-order valence-corrected chi connectivity index (χ3v) is 5.18. The van der Waals surface area contributed by atoms with Crippen LogP contribution in [-0.2, 0) is 0 Å². The lowest BCUT2D eigenvalue weighted by atomic mass is 10.3. The maximum absolute atomic E-state index is 12.3. The summed E-state index contributed by atoms with van der Waals surface area (Å²) in [6.07, 6.45) is 4.40. The Labute approximate surface area is 132 Å². The van der Waals surface area contributed by atoms with Crippen molar-refractivity contribution in [1.82, 2.24) is 14.8 Å². The summed E-state index contributed by atoms with van der Waals surface area (Å²) in [7, 11) is 0. The quantitative estimate of drug-likeness (QED) is 0.878. The number of rotatable bonds is 5. The molecule has 3 rings (SSSR count). The van der Waals surface area contributed by atoms with Gasteiger partial charge < -0.3 is 9.88 Å². The zero-order chi connectivity index (χ0) is 13.9. The van der Waals surface area contributed by atoms with Crippen molar-refractivity contribution in [2.75, 3.05) is 37.7 Å². The van der Waals surface area contributed by atoms with E-state index in [1.807, 2.05) is 24.0 Å². The molecule has 2 heterocycles. The van der Waals surface area contributed by atoms with Gasteiger partial charge in [0.2, 0.25) is 0 Å². The van der Waals surface area contributed by atoms with E-state index in [1.54, 1.807) is 0 Å². The van der Waals surface area contributed by atoms with Gasteiger partial charge in [-0.1, -0.05) is 0 Å². The second-order valence-electron chi connectivity index (χ2n) is 5.39. The highest BCUT2D eigenvalue weighted by atomic mass is 79.9. The van der Waals surface area contributed by atoms with E-state index < -0.39 is 0 Å². The summed E-state index contributed by atoms with van der Waals surface area (Å²) in [6.45, 7) is 3.98. The van der Waals surface area contributed by atoms with Crippen LogP contribution in [0, 0.1) is 0 Å². The molecule has 0 radical (unpaired) electrons. The van der Waals surface area contributed by atoms with E-state index in [1.165, 1.54) is 24.3 Å². The predicted molar refractivity (Wildman–Crippen MR) is 86.5 cm³/mol. The molecule has 1 N–H and O–H groups in total. The van der Waals surface area contributed by atoms with Gasteiger partial charge in [-0.25, -0.2) is 0 Å². The minimum absolute atomic E-state index is 0.0500. The minimum Gasteiger partial charge on any atom is -0.349 e. The molecule has 0 spiro atoms. The molecule has 0 bridgehead atoms. The van der Waals surface area contributed by atoms with Crippen LogP contribution in [0.25, 0.3) is 0 Å². The number of hydrogen-bond acceptors (Lipinski definition) is 3.